The maximum Gasteiger partial charge on any atom is 0.323 e. The zero-order valence-electron chi connectivity index (χ0n) is 16.2. The highest BCUT2D eigenvalue weighted by Gasteiger charge is 2.31. The van der Waals surface area contributed by atoms with Crippen molar-refractivity contribution >= 4 is 44.7 Å². The van der Waals surface area contributed by atoms with E-state index in [1.807, 2.05) is 19.1 Å². The van der Waals surface area contributed by atoms with E-state index in [-0.39, 0.29) is 4.90 Å². The number of rotatable bonds is 4. The normalized spacial score (nSPS) is 13.1. The van der Waals surface area contributed by atoms with Gasteiger partial charge in [-0.2, -0.15) is 0 Å². The molecule has 6 nitrogen and oxygen atoms in total. The van der Waals surface area contributed by atoms with Crippen molar-refractivity contribution in [1.29, 1.82) is 0 Å². The second kappa shape index (κ2) is 8.01. The summed E-state index contributed by atoms with van der Waals surface area (Å²) in [4.78, 5) is 12.6. The zero-order chi connectivity index (χ0) is 21.3. The molecule has 0 aliphatic carbocycles. The molecular formula is C22H20ClN3O3S. The molecule has 2 N–H and O–H groups in total. The lowest BCUT2D eigenvalue weighted by atomic mass is 10.1. The third-order valence-corrected chi connectivity index (χ3v) is 7.04. The summed E-state index contributed by atoms with van der Waals surface area (Å²) in [7, 11) is -3.67. The van der Waals surface area contributed by atoms with Crippen molar-refractivity contribution in [2.24, 2.45) is 0 Å². The molecule has 1 aliphatic rings. The Hall–Kier alpha value is -3.03. The summed E-state index contributed by atoms with van der Waals surface area (Å²) in [5, 5.41) is 5.89. The van der Waals surface area contributed by atoms with Crippen LogP contribution < -0.4 is 14.9 Å². The molecule has 0 spiro atoms. The lowest BCUT2D eigenvalue weighted by Gasteiger charge is -2.20. The van der Waals surface area contributed by atoms with Crippen LogP contribution in [-0.2, 0) is 16.4 Å². The molecule has 4 rings (SSSR count). The number of carbonyl (C=O) groups is 1. The van der Waals surface area contributed by atoms with Gasteiger partial charge in [-0.3, -0.25) is 4.31 Å². The third-order valence-electron chi connectivity index (χ3n) is 4.90. The van der Waals surface area contributed by atoms with Crippen molar-refractivity contribution in [3.8, 4) is 0 Å². The number of anilines is 3. The second-order valence-electron chi connectivity index (χ2n) is 7.05. The number of hydrogen-bond acceptors (Lipinski definition) is 3. The second-order valence-corrected chi connectivity index (χ2v) is 9.32. The molecule has 3 aromatic carbocycles. The number of sulfonamides is 1. The summed E-state index contributed by atoms with van der Waals surface area (Å²) in [5.41, 5.74) is 3.47. The third kappa shape index (κ3) is 3.99. The van der Waals surface area contributed by atoms with Gasteiger partial charge in [-0.15, -0.1) is 0 Å². The van der Waals surface area contributed by atoms with Gasteiger partial charge in [-0.05, 0) is 60.9 Å². The molecule has 1 heterocycles. The van der Waals surface area contributed by atoms with E-state index >= 15 is 0 Å². The zero-order valence-corrected chi connectivity index (χ0v) is 17.8. The molecule has 0 atom stereocenters. The Balaban J connectivity index is 1.55. The van der Waals surface area contributed by atoms with E-state index in [1.165, 1.54) is 4.31 Å². The van der Waals surface area contributed by atoms with Crippen molar-refractivity contribution in [2.75, 3.05) is 21.5 Å². The largest absolute Gasteiger partial charge is 0.323 e. The van der Waals surface area contributed by atoms with Crippen molar-refractivity contribution in [3.05, 3.63) is 82.9 Å². The summed E-state index contributed by atoms with van der Waals surface area (Å²) in [5.74, 6) is 0. The number of fused-ring (bicyclic) bond motifs is 1. The Labute approximate surface area is 180 Å². The Kier molecular flexibility index (Phi) is 5.40. The number of amides is 2. The molecule has 0 saturated carbocycles. The Morgan fingerprint density at radius 1 is 1.00 bits per heavy atom. The number of nitrogens with one attached hydrogen (secondary N) is 2. The summed E-state index contributed by atoms with van der Waals surface area (Å²) in [6.45, 7) is 2.27. The molecule has 0 saturated heterocycles. The highest BCUT2D eigenvalue weighted by atomic mass is 35.5. The number of benzene rings is 3. The minimum Gasteiger partial charge on any atom is -0.308 e. The monoisotopic (exact) mass is 441 g/mol. The quantitative estimate of drug-likeness (QED) is 0.595. The fourth-order valence-corrected chi connectivity index (χ4v) is 5.20. The van der Waals surface area contributed by atoms with Crippen molar-refractivity contribution < 1.29 is 13.2 Å². The van der Waals surface area contributed by atoms with Gasteiger partial charge in [0.1, 0.15) is 0 Å². The van der Waals surface area contributed by atoms with Crippen molar-refractivity contribution in [3.63, 3.8) is 0 Å². The molecule has 30 heavy (non-hydrogen) atoms. The van der Waals surface area contributed by atoms with E-state index in [9.17, 15) is 13.2 Å². The average molecular weight is 442 g/mol. The van der Waals surface area contributed by atoms with Crippen LogP contribution in [0, 0.1) is 6.92 Å². The molecule has 3 aromatic rings. The molecule has 0 bridgehead atoms. The maximum atomic E-state index is 13.0. The predicted molar refractivity (Wildman–Crippen MR) is 120 cm³/mol. The first kappa shape index (κ1) is 20.3. The first-order chi connectivity index (χ1) is 14.3. The Bertz CT molecular complexity index is 1210. The summed E-state index contributed by atoms with van der Waals surface area (Å²) in [6, 6.07) is 18.5. The molecule has 1 aliphatic heterocycles. The molecule has 0 aromatic heterocycles. The average Bonchev–Trinajstić information content (AvgIpc) is 3.15. The SMILES string of the molecule is Cc1ccc(NC(=O)Nc2ccc3c(c2)N(S(=O)(=O)c2ccccc2)CC3)c(Cl)c1. The maximum absolute atomic E-state index is 13.0. The van der Waals surface area contributed by atoms with Crippen LogP contribution in [0.4, 0.5) is 21.9 Å². The van der Waals surface area contributed by atoms with Gasteiger partial charge in [-0.25, -0.2) is 13.2 Å². The highest BCUT2D eigenvalue weighted by Crippen LogP contribution is 2.35. The Morgan fingerprint density at radius 2 is 1.77 bits per heavy atom. The highest BCUT2D eigenvalue weighted by molar-refractivity contribution is 7.92. The summed E-state index contributed by atoms with van der Waals surface area (Å²) < 4.78 is 27.5. The van der Waals surface area contributed by atoms with Crippen LogP contribution >= 0.6 is 11.6 Å². The predicted octanol–water partition coefficient (Wildman–Crippen LogP) is 5.04. The molecule has 0 unspecified atom stereocenters. The first-order valence-corrected chi connectivity index (χ1v) is 11.2. The van der Waals surface area contributed by atoms with E-state index in [4.69, 9.17) is 11.6 Å². The smallest absolute Gasteiger partial charge is 0.308 e. The molecule has 0 fully saturated rings. The minimum absolute atomic E-state index is 0.239. The molecule has 8 heteroatoms. The fourth-order valence-electron chi connectivity index (χ4n) is 3.40. The van der Waals surface area contributed by atoms with Gasteiger partial charge < -0.3 is 10.6 Å². The van der Waals surface area contributed by atoms with Crippen LogP contribution in [0.3, 0.4) is 0 Å². The van der Waals surface area contributed by atoms with Crippen LogP contribution in [0.15, 0.2) is 71.6 Å². The standard InChI is InChI=1S/C22H20ClN3O3S/c1-15-7-10-20(19(23)13-15)25-22(27)24-17-9-8-16-11-12-26(21(16)14-17)30(28,29)18-5-3-2-4-6-18/h2-10,13-14H,11-12H2,1H3,(H2,24,25,27). The topological polar surface area (TPSA) is 78.5 Å². The van der Waals surface area contributed by atoms with Gasteiger partial charge in [-0.1, -0.05) is 41.9 Å². The Morgan fingerprint density at radius 3 is 2.50 bits per heavy atom. The number of nitrogens with zero attached hydrogens (tertiary/aromatic N) is 1. The number of halogens is 1. The molecule has 154 valence electrons. The van der Waals surface area contributed by atoms with Gasteiger partial charge >= 0.3 is 6.03 Å². The van der Waals surface area contributed by atoms with Gasteiger partial charge in [0.05, 0.1) is 21.3 Å². The van der Waals surface area contributed by atoms with Gasteiger partial charge in [0.25, 0.3) is 10.0 Å². The van der Waals surface area contributed by atoms with Gasteiger partial charge in [0.2, 0.25) is 0 Å². The van der Waals surface area contributed by atoms with Gasteiger partial charge in [0.15, 0.2) is 0 Å². The summed E-state index contributed by atoms with van der Waals surface area (Å²) in [6.07, 6.45) is 0.618. The molecular weight excluding hydrogens is 422 g/mol. The van der Waals surface area contributed by atoms with E-state index in [2.05, 4.69) is 10.6 Å². The van der Waals surface area contributed by atoms with E-state index in [0.717, 1.165) is 11.1 Å². The van der Waals surface area contributed by atoms with E-state index < -0.39 is 16.1 Å². The van der Waals surface area contributed by atoms with Crippen LogP contribution in [0.5, 0.6) is 0 Å². The van der Waals surface area contributed by atoms with Crippen LogP contribution in [0.2, 0.25) is 5.02 Å². The molecule has 2 amide bonds. The van der Waals surface area contributed by atoms with Crippen LogP contribution in [0.1, 0.15) is 11.1 Å². The minimum atomic E-state index is -3.67. The van der Waals surface area contributed by atoms with Gasteiger partial charge in [0, 0.05) is 12.2 Å². The number of carbonyl (C=O) groups excluding carboxylic acids is 1. The summed E-state index contributed by atoms with van der Waals surface area (Å²) >= 11 is 6.16. The van der Waals surface area contributed by atoms with Crippen molar-refractivity contribution in [1.82, 2.24) is 0 Å². The number of aryl methyl sites for hydroxylation is 1. The van der Waals surface area contributed by atoms with Crippen LogP contribution in [-0.4, -0.2) is 21.0 Å². The fraction of sp³-hybridized carbons (Fsp3) is 0.136. The van der Waals surface area contributed by atoms with Crippen molar-refractivity contribution in [2.45, 2.75) is 18.2 Å². The number of hydrogen-bond donors (Lipinski definition) is 2. The molecule has 0 radical (unpaired) electrons. The van der Waals surface area contributed by atoms with Crippen LogP contribution in [0.25, 0.3) is 0 Å². The lowest BCUT2D eigenvalue weighted by molar-refractivity contribution is 0.262. The van der Waals surface area contributed by atoms with E-state index in [1.54, 1.807) is 54.6 Å². The van der Waals surface area contributed by atoms with E-state index in [0.29, 0.717) is 35.1 Å². The number of urea groups is 1. The lowest BCUT2D eigenvalue weighted by Crippen LogP contribution is -2.29. The first-order valence-electron chi connectivity index (χ1n) is 9.39.